The number of aliphatic hydroxyl groups excluding tert-OH is 1. The number of nitrogens with zero attached hydrogens (tertiary/aromatic N) is 1. The van der Waals surface area contributed by atoms with Crippen molar-refractivity contribution in [2.75, 3.05) is 0 Å². The van der Waals surface area contributed by atoms with Gasteiger partial charge in [-0.3, -0.25) is 9.78 Å². The third-order valence-electron chi connectivity index (χ3n) is 5.03. The van der Waals surface area contributed by atoms with Crippen molar-refractivity contribution in [1.82, 2.24) is 10.3 Å². The Hall–Kier alpha value is -2.49. The molecule has 1 aromatic heterocycles. The van der Waals surface area contributed by atoms with E-state index < -0.39 is 30.7 Å². The minimum Gasteiger partial charge on any atom is -0.435 e. The molecule has 29 heavy (non-hydrogen) atoms. The van der Waals surface area contributed by atoms with E-state index in [9.17, 15) is 31.9 Å². The first kappa shape index (κ1) is 21.2. The van der Waals surface area contributed by atoms with Gasteiger partial charge in [-0.2, -0.15) is 22.0 Å². The molecule has 0 unspecified atom stereocenters. The van der Waals surface area contributed by atoms with E-state index in [1.807, 2.05) is 0 Å². The van der Waals surface area contributed by atoms with Crippen LogP contribution in [0, 0.1) is 5.92 Å². The van der Waals surface area contributed by atoms with E-state index in [0.29, 0.717) is 23.7 Å². The molecule has 5 nitrogen and oxygen atoms in total. The Morgan fingerprint density at radius 3 is 2.48 bits per heavy atom. The van der Waals surface area contributed by atoms with Crippen molar-refractivity contribution in [3.63, 3.8) is 0 Å². The average Bonchev–Trinajstić information content (AvgIpc) is 2.66. The SMILES string of the molecule is O=C(N[C@H]1CC[C@H]([C@@H](O)C(F)(F)F)CC1)c1cnc2cc(OC(F)F)ccc2c1. The predicted octanol–water partition coefficient (Wildman–Crippen LogP) is 4.05. The highest BCUT2D eigenvalue weighted by atomic mass is 19.4. The van der Waals surface area contributed by atoms with Crippen LogP contribution in [0.3, 0.4) is 0 Å². The highest BCUT2D eigenvalue weighted by Crippen LogP contribution is 2.34. The molecule has 2 aromatic rings. The maximum atomic E-state index is 12.6. The van der Waals surface area contributed by atoms with Crippen molar-refractivity contribution in [3.8, 4) is 5.75 Å². The summed E-state index contributed by atoms with van der Waals surface area (Å²) in [7, 11) is 0. The topological polar surface area (TPSA) is 71.5 Å². The van der Waals surface area contributed by atoms with E-state index in [-0.39, 0.29) is 30.2 Å². The molecule has 3 rings (SSSR count). The first-order valence-corrected chi connectivity index (χ1v) is 9.04. The molecule has 1 heterocycles. The Kier molecular flexibility index (Phi) is 6.21. The maximum absolute atomic E-state index is 12.6. The van der Waals surface area contributed by atoms with Crippen LogP contribution >= 0.6 is 0 Å². The number of hydrogen-bond donors (Lipinski definition) is 2. The van der Waals surface area contributed by atoms with E-state index in [1.54, 1.807) is 6.07 Å². The molecule has 1 saturated carbocycles. The number of aromatic nitrogens is 1. The molecule has 10 heteroatoms. The molecule has 1 amide bonds. The van der Waals surface area contributed by atoms with E-state index in [0.717, 1.165) is 0 Å². The smallest absolute Gasteiger partial charge is 0.414 e. The predicted molar refractivity (Wildman–Crippen MR) is 93.6 cm³/mol. The molecule has 0 aliphatic heterocycles. The second-order valence-corrected chi connectivity index (χ2v) is 7.03. The number of carbonyl (C=O) groups excluding carboxylic acids is 1. The van der Waals surface area contributed by atoms with Gasteiger partial charge in [0.05, 0.1) is 11.1 Å². The molecular weight excluding hydrogens is 399 g/mol. The number of ether oxygens (including phenoxy) is 1. The van der Waals surface area contributed by atoms with Gasteiger partial charge in [0, 0.05) is 23.7 Å². The van der Waals surface area contributed by atoms with E-state index in [2.05, 4.69) is 15.0 Å². The number of nitrogens with one attached hydrogen (secondary N) is 1. The highest BCUT2D eigenvalue weighted by molar-refractivity contribution is 5.97. The highest BCUT2D eigenvalue weighted by Gasteiger charge is 2.44. The third-order valence-corrected chi connectivity index (χ3v) is 5.03. The van der Waals surface area contributed by atoms with Crippen molar-refractivity contribution in [2.45, 2.75) is 50.6 Å². The molecule has 1 aliphatic carbocycles. The lowest BCUT2D eigenvalue weighted by Gasteiger charge is -2.32. The summed E-state index contributed by atoms with van der Waals surface area (Å²) in [4.78, 5) is 16.5. The average molecular weight is 418 g/mol. The zero-order chi connectivity index (χ0) is 21.2. The number of pyridine rings is 1. The molecule has 0 spiro atoms. The van der Waals surface area contributed by atoms with Crippen LogP contribution in [0.1, 0.15) is 36.0 Å². The summed E-state index contributed by atoms with van der Waals surface area (Å²) in [5.74, 6) is -1.34. The van der Waals surface area contributed by atoms with Gasteiger partial charge in [0.15, 0.2) is 6.10 Å². The summed E-state index contributed by atoms with van der Waals surface area (Å²) in [5, 5.41) is 12.7. The lowest BCUT2D eigenvalue weighted by Crippen LogP contribution is -2.42. The number of halogens is 5. The number of carbonyl (C=O) groups is 1. The summed E-state index contributed by atoms with van der Waals surface area (Å²) in [6.07, 6.45) is -4.70. The molecule has 1 fully saturated rings. The van der Waals surface area contributed by atoms with Gasteiger partial charge in [0.25, 0.3) is 5.91 Å². The van der Waals surface area contributed by atoms with Crippen molar-refractivity contribution < 1.29 is 36.6 Å². The molecule has 2 N–H and O–H groups in total. The van der Waals surface area contributed by atoms with E-state index >= 15 is 0 Å². The number of fused-ring (bicyclic) bond motifs is 1. The Balaban J connectivity index is 1.60. The molecule has 0 saturated heterocycles. The van der Waals surface area contributed by atoms with Crippen molar-refractivity contribution in [3.05, 3.63) is 36.0 Å². The lowest BCUT2D eigenvalue weighted by atomic mass is 9.82. The molecule has 1 aromatic carbocycles. The standard InChI is InChI=1S/C19H19F5N2O3/c20-18(21)29-14-6-3-11-7-12(9-25-15(11)8-14)17(28)26-13-4-1-10(2-5-13)16(27)19(22,23)24/h3,6-10,13,16,18,27H,1-2,4-5H2,(H,26,28)/t10-,13-,16-/m1/s1. The number of hydrogen-bond acceptors (Lipinski definition) is 4. The molecule has 1 aliphatic rings. The lowest BCUT2D eigenvalue weighted by molar-refractivity contribution is -0.222. The fourth-order valence-corrected chi connectivity index (χ4v) is 3.52. The van der Waals surface area contributed by atoms with Gasteiger partial charge in [-0.15, -0.1) is 0 Å². The Bertz CT molecular complexity index is 867. The Morgan fingerprint density at radius 2 is 1.86 bits per heavy atom. The molecule has 1 atom stereocenters. The maximum Gasteiger partial charge on any atom is 0.414 e. The van der Waals surface area contributed by atoms with Crippen molar-refractivity contribution in [1.29, 1.82) is 0 Å². The first-order valence-electron chi connectivity index (χ1n) is 9.04. The quantitative estimate of drug-likeness (QED) is 0.719. The van der Waals surface area contributed by atoms with Crippen LogP contribution in [0.5, 0.6) is 5.75 Å². The van der Waals surface area contributed by atoms with Gasteiger partial charge in [-0.1, -0.05) is 0 Å². The number of amides is 1. The minimum atomic E-state index is -4.64. The largest absolute Gasteiger partial charge is 0.435 e. The second kappa shape index (κ2) is 8.48. The zero-order valence-electron chi connectivity index (χ0n) is 15.1. The Morgan fingerprint density at radius 1 is 1.17 bits per heavy atom. The fourth-order valence-electron chi connectivity index (χ4n) is 3.52. The monoisotopic (exact) mass is 418 g/mol. The van der Waals surface area contributed by atoms with Crippen LogP contribution in [-0.2, 0) is 0 Å². The summed E-state index contributed by atoms with van der Waals surface area (Å²) < 4.78 is 66.7. The number of alkyl halides is 5. The number of aliphatic hydroxyl groups is 1. The summed E-state index contributed by atoms with van der Waals surface area (Å²) in [6, 6.07) is 5.42. The van der Waals surface area contributed by atoms with Crippen molar-refractivity contribution >= 4 is 16.8 Å². The van der Waals surface area contributed by atoms with E-state index in [1.165, 1.54) is 24.4 Å². The molecule has 0 bridgehead atoms. The van der Waals surface area contributed by atoms with Crippen LogP contribution in [0.25, 0.3) is 10.9 Å². The zero-order valence-corrected chi connectivity index (χ0v) is 15.1. The van der Waals surface area contributed by atoms with Crippen LogP contribution < -0.4 is 10.1 Å². The number of benzene rings is 1. The van der Waals surface area contributed by atoms with Crippen LogP contribution in [0.2, 0.25) is 0 Å². The third kappa shape index (κ3) is 5.31. The van der Waals surface area contributed by atoms with Gasteiger partial charge in [0.1, 0.15) is 5.75 Å². The fraction of sp³-hybridized carbons (Fsp3) is 0.474. The van der Waals surface area contributed by atoms with Crippen LogP contribution in [-0.4, -0.2) is 40.9 Å². The summed E-state index contributed by atoms with van der Waals surface area (Å²) >= 11 is 0. The van der Waals surface area contributed by atoms with Crippen molar-refractivity contribution in [2.24, 2.45) is 5.92 Å². The van der Waals surface area contributed by atoms with E-state index in [4.69, 9.17) is 0 Å². The van der Waals surface area contributed by atoms with Gasteiger partial charge in [-0.25, -0.2) is 0 Å². The van der Waals surface area contributed by atoms with Gasteiger partial charge >= 0.3 is 12.8 Å². The number of rotatable bonds is 5. The molecule has 0 radical (unpaired) electrons. The molecular formula is C19H19F5N2O3. The van der Waals surface area contributed by atoms with Gasteiger partial charge in [-0.05, 0) is 49.8 Å². The Labute approximate surface area is 162 Å². The normalized spacial score (nSPS) is 21.2. The first-order chi connectivity index (χ1) is 13.6. The second-order valence-electron chi connectivity index (χ2n) is 7.03. The van der Waals surface area contributed by atoms with Crippen LogP contribution in [0.15, 0.2) is 30.5 Å². The molecule has 158 valence electrons. The summed E-state index contributed by atoms with van der Waals surface area (Å²) in [5.41, 5.74) is 0.624. The summed E-state index contributed by atoms with van der Waals surface area (Å²) in [6.45, 7) is -2.95. The van der Waals surface area contributed by atoms with Gasteiger partial charge in [0.2, 0.25) is 0 Å². The van der Waals surface area contributed by atoms with Crippen LogP contribution in [0.4, 0.5) is 22.0 Å². The van der Waals surface area contributed by atoms with Gasteiger partial charge < -0.3 is 15.2 Å². The minimum absolute atomic E-state index is 0.0463.